The minimum absolute atomic E-state index is 0.685. The molecule has 0 radical (unpaired) electrons. The van der Waals surface area contributed by atoms with Crippen LogP contribution < -0.4 is 5.32 Å². The van der Waals surface area contributed by atoms with E-state index in [1.54, 1.807) is 29.7 Å². The molecule has 0 saturated carbocycles. The Kier molecular flexibility index (Phi) is 2.71. The molecule has 3 rings (SSSR count). The molecular formula is C11H11N7. The molecule has 0 aromatic carbocycles. The van der Waals surface area contributed by atoms with Crippen LogP contribution in [0, 0.1) is 0 Å². The highest BCUT2D eigenvalue weighted by Gasteiger charge is 1.99. The summed E-state index contributed by atoms with van der Waals surface area (Å²) in [7, 11) is 0. The maximum absolute atomic E-state index is 4.29. The van der Waals surface area contributed by atoms with Gasteiger partial charge < -0.3 is 10.3 Å². The van der Waals surface area contributed by atoms with Gasteiger partial charge in [0.15, 0.2) is 5.82 Å². The predicted octanol–water partition coefficient (Wildman–Crippen LogP) is 0.997. The van der Waals surface area contributed by atoms with E-state index in [1.165, 1.54) is 6.33 Å². The lowest BCUT2D eigenvalue weighted by Crippen LogP contribution is -2.02. The Morgan fingerprint density at radius 1 is 1.22 bits per heavy atom. The van der Waals surface area contributed by atoms with Crippen molar-refractivity contribution in [1.82, 2.24) is 29.7 Å². The molecule has 2 N–H and O–H groups in total. The highest BCUT2D eigenvalue weighted by molar-refractivity contribution is 5.43. The van der Waals surface area contributed by atoms with Crippen molar-refractivity contribution in [3.05, 3.63) is 49.2 Å². The Hall–Kier alpha value is -2.70. The van der Waals surface area contributed by atoms with Gasteiger partial charge in [-0.3, -0.25) is 0 Å². The van der Waals surface area contributed by atoms with Gasteiger partial charge in [0, 0.05) is 6.20 Å². The number of pyridine rings is 1. The molecule has 0 spiro atoms. The van der Waals surface area contributed by atoms with Crippen molar-refractivity contribution in [3.63, 3.8) is 0 Å². The van der Waals surface area contributed by atoms with Gasteiger partial charge in [0.2, 0.25) is 0 Å². The average Bonchev–Trinajstić information content (AvgIpc) is 3.10. The van der Waals surface area contributed by atoms with E-state index in [-0.39, 0.29) is 0 Å². The van der Waals surface area contributed by atoms with Gasteiger partial charge in [-0.2, -0.15) is 5.10 Å². The van der Waals surface area contributed by atoms with Gasteiger partial charge in [0.25, 0.3) is 0 Å². The van der Waals surface area contributed by atoms with Crippen molar-refractivity contribution in [3.8, 4) is 5.82 Å². The van der Waals surface area contributed by atoms with Crippen molar-refractivity contribution in [2.24, 2.45) is 0 Å². The zero-order valence-corrected chi connectivity index (χ0v) is 9.48. The number of H-pyrrole nitrogens is 1. The topological polar surface area (TPSA) is 84.3 Å². The summed E-state index contributed by atoms with van der Waals surface area (Å²) in [5.41, 5.74) is 1.96. The summed E-state index contributed by atoms with van der Waals surface area (Å²) < 4.78 is 1.61. The first-order valence-electron chi connectivity index (χ1n) is 5.44. The summed E-state index contributed by atoms with van der Waals surface area (Å²) in [6.45, 7) is 0.685. The summed E-state index contributed by atoms with van der Waals surface area (Å²) in [6.07, 6.45) is 8.28. The van der Waals surface area contributed by atoms with Crippen molar-refractivity contribution in [2.45, 2.75) is 6.54 Å². The van der Waals surface area contributed by atoms with Gasteiger partial charge in [-0.1, -0.05) is 0 Å². The van der Waals surface area contributed by atoms with E-state index in [4.69, 9.17) is 0 Å². The molecule has 0 amide bonds. The molecule has 0 aliphatic carbocycles. The van der Waals surface area contributed by atoms with E-state index in [0.717, 1.165) is 17.2 Å². The van der Waals surface area contributed by atoms with Crippen LogP contribution >= 0.6 is 0 Å². The average molecular weight is 241 g/mol. The van der Waals surface area contributed by atoms with E-state index in [9.17, 15) is 0 Å². The number of hydrogen-bond donors (Lipinski definition) is 2. The maximum Gasteiger partial charge on any atom is 0.155 e. The summed E-state index contributed by atoms with van der Waals surface area (Å²) in [6, 6.07) is 3.82. The first kappa shape index (κ1) is 10.5. The minimum Gasteiger partial charge on any atom is -0.378 e. The monoisotopic (exact) mass is 241 g/mol. The lowest BCUT2D eigenvalue weighted by molar-refractivity contribution is 0.845. The molecule has 0 saturated heterocycles. The molecular weight excluding hydrogens is 230 g/mol. The van der Waals surface area contributed by atoms with Crippen molar-refractivity contribution >= 4 is 5.69 Å². The minimum atomic E-state index is 0.685. The van der Waals surface area contributed by atoms with Crippen molar-refractivity contribution < 1.29 is 0 Å². The molecule has 18 heavy (non-hydrogen) atoms. The fourth-order valence-corrected chi connectivity index (χ4v) is 1.53. The molecule has 7 nitrogen and oxygen atoms in total. The summed E-state index contributed by atoms with van der Waals surface area (Å²) in [4.78, 5) is 15.1. The summed E-state index contributed by atoms with van der Waals surface area (Å²) in [5, 5.41) is 7.25. The summed E-state index contributed by atoms with van der Waals surface area (Å²) >= 11 is 0. The standard InChI is InChI=1S/C11H11N7/c1-2-11(18-8-13-7-17-18)15-4-9(1)14-5-10-3-12-6-16-10/h1-4,6-8,14H,5H2,(H,12,16). The third kappa shape index (κ3) is 2.19. The van der Waals surface area contributed by atoms with Crippen LogP contribution in [-0.2, 0) is 6.54 Å². The number of anilines is 1. The number of aromatic nitrogens is 6. The van der Waals surface area contributed by atoms with Crippen LogP contribution in [0.3, 0.4) is 0 Å². The van der Waals surface area contributed by atoms with Crippen LogP contribution in [0.2, 0.25) is 0 Å². The lowest BCUT2D eigenvalue weighted by atomic mass is 10.4. The first-order chi connectivity index (χ1) is 8.92. The molecule has 0 bridgehead atoms. The highest BCUT2D eigenvalue weighted by atomic mass is 15.3. The molecule has 0 unspecified atom stereocenters. The van der Waals surface area contributed by atoms with Crippen LogP contribution in [0.25, 0.3) is 5.82 Å². The number of aromatic amines is 1. The van der Waals surface area contributed by atoms with E-state index in [0.29, 0.717) is 6.54 Å². The number of rotatable bonds is 4. The second-order valence-electron chi connectivity index (χ2n) is 3.68. The summed E-state index contributed by atoms with van der Waals surface area (Å²) in [5.74, 6) is 0.736. The Bertz CT molecular complexity index is 583. The quantitative estimate of drug-likeness (QED) is 0.711. The zero-order chi connectivity index (χ0) is 12.2. The molecule has 90 valence electrons. The van der Waals surface area contributed by atoms with Crippen LogP contribution in [0.1, 0.15) is 5.69 Å². The first-order valence-corrected chi connectivity index (χ1v) is 5.44. The maximum atomic E-state index is 4.29. The van der Waals surface area contributed by atoms with Crippen LogP contribution in [0.5, 0.6) is 0 Å². The van der Waals surface area contributed by atoms with Gasteiger partial charge in [-0.15, -0.1) is 0 Å². The Balaban J connectivity index is 1.68. The van der Waals surface area contributed by atoms with E-state index in [1.807, 2.05) is 12.1 Å². The SMILES string of the molecule is c1ncn(-c2ccc(NCc3cnc[nH]3)cn2)n1. The van der Waals surface area contributed by atoms with Gasteiger partial charge in [0.1, 0.15) is 12.7 Å². The normalized spacial score (nSPS) is 10.4. The molecule has 7 heteroatoms. The molecule has 0 aliphatic rings. The van der Waals surface area contributed by atoms with Crippen LogP contribution in [-0.4, -0.2) is 29.7 Å². The molecule has 0 fully saturated rings. The lowest BCUT2D eigenvalue weighted by Gasteiger charge is -2.05. The van der Waals surface area contributed by atoms with Gasteiger partial charge >= 0.3 is 0 Å². The van der Waals surface area contributed by atoms with Gasteiger partial charge in [-0.05, 0) is 12.1 Å². The van der Waals surface area contributed by atoms with E-state index in [2.05, 4.69) is 30.4 Å². The second kappa shape index (κ2) is 4.66. The molecule has 3 aromatic heterocycles. The largest absolute Gasteiger partial charge is 0.378 e. The third-order valence-corrected chi connectivity index (χ3v) is 2.44. The fraction of sp³-hybridized carbons (Fsp3) is 0.0909. The molecule has 0 atom stereocenters. The third-order valence-electron chi connectivity index (χ3n) is 2.44. The fourth-order valence-electron chi connectivity index (χ4n) is 1.53. The molecule has 3 aromatic rings. The second-order valence-corrected chi connectivity index (χ2v) is 3.68. The Labute approximate surface area is 103 Å². The molecule has 3 heterocycles. The Morgan fingerprint density at radius 2 is 2.22 bits per heavy atom. The highest BCUT2D eigenvalue weighted by Crippen LogP contribution is 2.09. The van der Waals surface area contributed by atoms with Gasteiger partial charge in [0.05, 0.1) is 30.5 Å². The van der Waals surface area contributed by atoms with Gasteiger partial charge in [-0.25, -0.2) is 19.6 Å². The number of hydrogen-bond acceptors (Lipinski definition) is 5. The zero-order valence-electron chi connectivity index (χ0n) is 9.48. The van der Waals surface area contributed by atoms with E-state index >= 15 is 0 Å². The van der Waals surface area contributed by atoms with Crippen molar-refractivity contribution in [1.29, 1.82) is 0 Å². The molecule has 0 aliphatic heterocycles. The van der Waals surface area contributed by atoms with E-state index < -0.39 is 0 Å². The van der Waals surface area contributed by atoms with Crippen LogP contribution in [0.15, 0.2) is 43.5 Å². The van der Waals surface area contributed by atoms with Crippen molar-refractivity contribution in [2.75, 3.05) is 5.32 Å². The van der Waals surface area contributed by atoms with Crippen LogP contribution in [0.4, 0.5) is 5.69 Å². The Morgan fingerprint density at radius 3 is 2.89 bits per heavy atom. The number of imidazole rings is 1. The smallest absolute Gasteiger partial charge is 0.155 e. The number of nitrogens with one attached hydrogen (secondary N) is 2. The number of nitrogens with zero attached hydrogens (tertiary/aromatic N) is 5. The predicted molar refractivity (Wildman–Crippen MR) is 65.1 cm³/mol.